The number of Topliss-reactive ketones (excluding diaryl/α,β-unsaturated/α-hetero) is 1. The number of hydrogen-bond acceptors (Lipinski definition) is 4. The molecule has 29 heavy (non-hydrogen) atoms. The minimum Gasteiger partial charge on any atom is -0.492 e. The van der Waals surface area contributed by atoms with Gasteiger partial charge < -0.3 is 9.15 Å². The van der Waals surface area contributed by atoms with E-state index >= 15 is 0 Å². The van der Waals surface area contributed by atoms with Gasteiger partial charge in [0, 0.05) is 17.5 Å². The van der Waals surface area contributed by atoms with Gasteiger partial charge in [-0.3, -0.25) is 9.59 Å². The van der Waals surface area contributed by atoms with Gasteiger partial charge in [-0.15, -0.1) is 0 Å². The highest BCUT2D eigenvalue weighted by atomic mass is 16.5. The first-order valence-corrected chi connectivity index (χ1v) is 10.5. The van der Waals surface area contributed by atoms with Gasteiger partial charge in [0.1, 0.15) is 16.7 Å². The van der Waals surface area contributed by atoms with Crippen molar-refractivity contribution in [3.63, 3.8) is 0 Å². The minimum atomic E-state index is -0.105. The molecule has 1 aliphatic rings. The summed E-state index contributed by atoms with van der Waals surface area (Å²) in [5.41, 5.74) is 1.59. The fourth-order valence-electron chi connectivity index (χ4n) is 4.05. The summed E-state index contributed by atoms with van der Waals surface area (Å²) in [4.78, 5) is 25.5. The number of aryl methyl sites for hydroxylation is 1. The Morgan fingerprint density at radius 3 is 2.59 bits per heavy atom. The summed E-state index contributed by atoms with van der Waals surface area (Å²) in [6.07, 6.45) is 8.29. The van der Waals surface area contributed by atoms with Crippen molar-refractivity contribution in [2.24, 2.45) is 5.92 Å². The van der Waals surface area contributed by atoms with Crippen LogP contribution < -0.4 is 10.2 Å². The molecule has 3 aromatic rings. The van der Waals surface area contributed by atoms with Crippen molar-refractivity contribution >= 4 is 16.8 Å². The third-order valence-corrected chi connectivity index (χ3v) is 5.75. The van der Waals surface area contributed by atoms with E-state index in [1.54, 1.807) is 18.2 Å². The second-order valence-electron chi connectivity index (χ2n) is 7.82. The average molecular weight is 390 g/mol. The molecule has 0 amide bonds. The summed E-state index contributed by atoms with van der Waals surface area (Å²) in [6, 6.07) is 14.6. The predicted octanol–water partition coefficient (Wildman–Crippen LogP) is 5.57. The van der Waals surface area contributed by atoms with Gasteiger partial charge >= 0.3 is 0 Å². The fraction of sp³-hybridized carbons (Fsp3) is 0.360. The van der Waals surface area contributed by atoms with Crippen LogP contribution in [0.15, 0.2) is 64.0 Å². The Labute approximate surface area is 170 Å². The molecule has 0 unspecified atom stereocenters. The van der Waals surface area contributed by atoms with Crippen LogP contribution in [0.5, 0.6) is 5.75 Å². The number of hydrogen-bond donors (Lipinski definition) is 0. The minimum absolute atomic E-state index is 0.0203. The highest BCUT2D eigenvalue weighted by Crippen LogP contribution is 2.27. The molecule has 0 bridgehead atoms. The highest BCUT2D eigenvalue weighted by Gasteiger charge is 2.17. The highest BCUT2D eigenvalue weighted by molar-refractivity contribution is 5.96. The van der Waals surface area contributed by atoms with Crippen LogP contribution in [0.2, 0.25) is 0 Å². The topological polar surface area (TPSA) is 56.5 Å². The van der Waals surface area contributed by atoms with Crippen molar-refractivity contribution < 1.29 is 13.9 Å². The van der Waals surface area contributed by atoms with Crippen molar-refractivity contribution in [3.8, 4) is 5.75 Å². The molecule has 1 heterocycles. The van der Waals surface area contributed by atoms with E-state index in [0.717, 1.165) is 0 Å². The van der Waals surface area contributed by atoms with Crippen LogP contribution in [-0.2, 0) is 6.42 Å². The third kappa shape index (κ3) is 4.58. The number of ketones is 1. The van der Waals surface area contributed by atoms with E-state index in [0.29, 0.717) is 46.8 Å². The zero-order chi connectivity index (χ0) is 20.1. The van der Waals surface area contributed by atoms with Gasteiger partial charge in [0.25, 0.3) is 0 Å². The van der Waals surface area contributed by atoms with Crippen molar-refractivity contribution in [3.05, 3.63) is 76.1 Å². The number of carbonyl (C=O) groups is 1. The monoisotopic (exact) mass is 390 g/mol. The maximum absolute atomic E-state index is 13.1. The molecule has 0 saturated heterocycles. The summed E-state index contributed by atoms with van der Waals surface area (Å²) in [7, 11) is 0. The lowest BCUT2D eigenvalue weighted by Crippen LogP contribution is -2.17. The van der Waals surface area contributed by atoms with Crippen LogP contribution in [0.25, 0.3) is 11.0 Å². The second kappa shape index (κ2) is 9.08. The van der Waals surface area contributed by atoms with E-state index in [4.69, 9.17) is 9.15 Å². The van der Waals surface area contributed by atoms with Crippen molar-refractivity contribution in [2.75, 3.05) is 6.61 Å². The first kappa shape index (κ1) is 19.4. The SMILES string of the molecule is O=C(CCc1coc2cccc(OCC3CCCCC3)c2c1=O)c1ccccc1. The van der Waals surface area contributed by atoms with Gasteiger partial charge in [0.05, 0.1) is 12.9 Å². The molecule has 0 radical (unpaired) electrons. The zero-order valence-corrected chi connectivity index (χ0v) is 16.6. The Bertz CT molecular complexity index is 1030. The first-order chi connectivity index (χ1) is 14.2. The van der Waals surface area contributed by atoms with Gasteiger partial charge in [0.2, 0.25) is 0 Å². The molecule has 1 aliphatic carbocycles. The predicted molar refractivity (Wildman–Crippen MR) is 114 cm³/mol. The van der Waals surface area contributed by atoms with Gasteiger partial charge in [-0.1, -0.05) is 55.7 Å². The molecule has 4 nitrogen and oxygen atoms in total. The Balaban J connectivity index is 1.52. The maximum Gasteiger partial charge on any atom is 0.199 e. The van der Waals surface area contributed by atoms with Gasteiger partial charge in [-0.05, 0) is 37.3 Å². The van der Waals surface area contributed by atoms with Crippen LogP contribution in [0.1, 0.15) is 54.4 Å². The molecule has 2 aromatic carbocycles. The molecule has 1 aromatic heterocycles. The third-order valence-electron chi connectivity index (χ3n) is 5.75. The first-order valence-electron chi connectivity index (χ1n) is 10.5. The van der Waals surface area contributed by atoms with E-state index < -0.39 is 0 Å². The molecular weight excluding hydrogens is 364 g/mol. The number of ether oxygens (including phenoxy) is 1. The summed E-state index contributed by atoms with van der Waals surface area (Å²) < 4.78 is 11.8. The van der Waals surface area contributed by atoms with Crippen molar-refractivity contribution in [1.82, 2.24) is 0 Å². The quantitative estimate of drug-likeness (QED) is 0.495. The summed E-state index contributed by atoms with van der Waals surface area (Å²) in [5, 5.41) is 0.480. The molecule has 1 saturated carbocycles. The van der Waals surface area contributed by atoms with E-state index in [2.05, 4.69) is 0 Å². The zero-order valence-electron chi connectivity index (χ0n) is 16.6. The van der Waals surface area contributed by atoms with Gasteiger partial charge in [-0.25, -0.2) is 0 Å². The largest absolute Gasteiger partial charge is 0.492 e. The summed E-state index contributed by atoms with van der Waals surface area (Å²) >= 11 is 0. The lowest BCUT2D eigenvalue weighted by atomic mass is 9.90. The Morgan fingerprint density at radius 1 is 1.00 bits per heavy atom. The fourth-order valence-corrected chi connectivity index (χ4v) is 4.05. The number of carbonyl (C=O) groups excluding carboxylic acids is 1. The summed E-state index contributed by atoms with van der Waals surface area (Å²) in [6.45, 7) is 0.634. The van der Waals surface area contributed by atoms with E-state index in [-0.39, 0.29) is 17.6 Å². The molecular formula is C25H26O4. The maximum atomic E-state index is 13.1. The Morgan fingerprint density at radius 2 is 1.79 bits per heavy atom. The molecule has 1 fully saturated rings. The molecule has 0 N–H and O–H groups in total. The van der Waals surface area contributed by atoms with Gasteiger partial charge in [-0.2, -0.15) is 0 Å². The van der Waals surface area contributed by atoms with Crippen LogP contribution in [-0.4, -0.2) is 12.4 Å². The second-order valence-corrected chi connectivity index (χ2v) is 7.82. The molecule has 0 atom stereocenters. The molecule has 0 spiro atoms. The Kier molecular flexibility index (Phi) is 6.09. The van der Waals surface area contributed by atoms with Crippen molar-refractivity contribution in [2.45, 2.75) is 44.9 Å². The van der Waals surface area contributed by atoms with E-state index in [1.165, 1.54) is 38.4 Å². The molecule has 150 valence electrons. The van der Waals surface area contributed by atoms with E-state index in [1.807, 2.05) is 30.3 Å². The van der Waals surface area contributed by atoms with E-state index in [9.17, 15) is 9.59 Å². The smallest absolute Gasteiger partial charge is 0.199 e. The van der Waals surface area contributed by atoms with Crippen LogP contribution in [0.3, 0.4) is 0 Å². The van der Waals surface area contributed by atoms with Crippen LogP contribution in [0.4, 0.5) is 0 Å². The average Bonchev–Trinajstić information content (AvgIpc) is 2.78. The molecule has 4 heteroatoms. The standard InChI is InChI=1S/C25H26O4/c26-21(19-10-5-2-6-11-19)15-14-20-17-29-23-13-7-12-22(24(23)25(20)27)28-16-18-8-3-1-4-9-18/h2,5-7,10-13,17-18H,1,3-4,8-9,14-16H2. The summed E-state index contributed by atoms with van der Waals surface area (Å²) in [5.74, 6) is 1.16. The molecule has 0 aliphatic heterocycles. The van der Waals surface area contributed by atoms with Crippen LogP contribution in [0, 0.1) is 5.92 Å². The van der Waals surface area contributed by atoms with Crippen LogP contribution >= 0.6 is 0 Å². The number of benzene rings is 2. The number of fused-ring (bicyclic) bond motifs is 1. The lowest BCUT2D eigenvalue weighted by Gasteiger charge is -2.22. The lowest BCUT2D eigenvalue weighted by molar-refractivity contribution is 0.0982. The molecule has 4 rings (SSSR count). The normalized spacial score (nSPS) is 14.8. The Hall–Kier alpha value is -2.88. The number of rotatable bonds is 7. The van der Waals surface area contributed by atoms with Gasteiger partial charge in [0.15, 0.2) is 11.2 Å². The van der Waals surface area contributed by atoms with Crippen molar-refractivity contribution in [1.29, 1.82) is 0 Å².